The van der Waals surface area contributed by atoms with Crippen LogP contribution in [0.4, 0.5) is 5.69 Å². The van der Waals surface area contributed by atoms with Gasteiger partial charge in [-0.1, -0.05) is 48.0 Å². The van der Waals surface area contributed by atoms with Gasteiger partial charge in [0.15, 0.2) is 0 Å². The van der Waals surface area contributed by atoms with E-state index in [0.29, 0.717) is 17.0 Å². The van der Waals surface area contributed by atoms with Crippen molar-refractivity contribution >= 4 is 39.6 Å². The first kappa shape index (κ1) is 16.9. The van der Waals surface area contributed by atoms with Crippen LogP contribution in [-0.2, 0) is 4.79 Å². The van der Waals surface area contributed by atoms with Crippen LogP contribution >= 0.6 is 0 Å². The van der Waals surface area contributed by atoms with Crippen molar-refractivity contribution in [3.63, 3.8) is 0 Å². The molecule has 27 heavy (non-hydrogen) atoms. The molecular formula is C23H19NO3. The number of aryl methyl sites for hydroxylation is 1. The smallest absolute Gasteiger partial charge is 0.248 e. The summed E-state index contributed by atoms with van der Waals surface area (Å²) in [6.45, 7) is 2.03. The fraction of sp³-hybridized carbons (Fsp3) is 0.0870. The molecule has 4 nitrogen and oxygen atoms in total. The number of para-hydroxylation sites is 1. The van der Waals surface area contributed by atoms with Crippen LogP contribution in [-0.4, -0.2) is 13.0 Å². The van der Waals surface area contributed by atoms with E-state index in [1.807, 2.05) is 61.5 Å². The van der Waals surface area contributed by atoms with Gasteiger partial charge < -0.3 is 14.5 Å². The maximum absolute atomic E-state index is 12.3. The molecule has 1 aromatic heterocycles. The van der Waals surface area contributed by atoms with Crippen LogP contribution in [0, 0.1) is 6.92 Å². The van der Waals surface area contributed by atoms with Crippen LogP contribution in [0.3, 0.4) is 0 Å². The molecule has 0 unspecified atom stereocenters. The quantitative estimate of drug-likeness (QED) is 0.487. The molecule has 1 heterocycles. The number of fused-ring (bicyclic) bond motifs is 3. The van der Waals surface area contributed by atoms with E-state index >= 15 is 0 Å². The second kappa shape index (κ2) is 7.00. The van der Waals surface area contributed by atoms with Crippen molar-refractivity contribution in [1.29, 1.82) is 0 Å². The highest BCUT2D eigenvalue weighted by molar-refractivity contribution is 6.09. The molecule has 0 aliphatic heterocycles. The SMILES string of the molecule is COc1cc2c(cc1NC(=O)/C=C/c1ccc(C)cc1)oc1ccccc12. The molecule has 0 bridgehead atoms. The Kier molecular flexibility index (Phi) is 4.38. The topological polar surface area (TPSA) is 51.5 Å². The number of hydrogen-bond acceptors (Lipinski definition) is 3. The Morgan fingerprint density at radius 2 is 1.78 bits per heavy atom. The van der Waals surface area contributed by atoms with Crippen molar-refractivity contribution < 1.29 is 13.9 Å². The van der Waals surface area contributed by atoms with Crippen molar-refractivity contribution in [2.24, 2.45) is 0 Å². The molecule has 1 amide bonds. The number of nitrogens with one attached hydrogen (secondary N) is 1. The van der Waals surface area contributed by atoms with Crippen LogP contribution in [0.5, 0.6) is 5.75 Å². The van der Waals surface area contributed by atoms with Gasteiger partial charge in [-0.15, -0.1) is 0 Å². The number of amides is 1. The first-order valence-electron chi connectivity index (χ1n) is 8.69. The van der Waals surface area contributed by atoms with E-state index < -0.39 is 0 Å². The summed E-state index contributed by atoms with van der Waals surface area (Å²) in [6.07, 6.45) is 3.29. The summed E-state index contributed by atoms with van der Waals surface area (Å²) in [5, 5.41) is 4.84. The van der Waals surface area contributed by atoms with E-state index in [-0.39, 0.29) is 5.91 Å². The number of carbonyl (C=O) groups excluding carboxylic acids is 1. The average Bonchev–Trinajstić information content (AvgIpc) is 3.04. The fourth-order valence-corrected chi connectivity index (χ4v) is 3.04. The van der Waals surface area contributed by atoms with Gasteiger partial charge in [0, 0.05) is 22.9 Å². The van der Waals surface area contributed by atoms with Gasteiger partial charge in [-0.2, -0.15) is 0 Å². The molecule has 134 valence electrons. The average molecular weight is 357 g/mol. The number of rotatable bonds is 4. The Morgan fingerprint density at radius 3 is 2.56 bits per heavy atom. The third-order valence-corrected chi connectivity index (χ3v) is 4.46. The van der Waals surface area contributed by atoms with Gasteiger partial charge >= 0.3 is 0 Å². The second-order valence-electron chi connectivity index (χ2n) is 6.38. The van der Waals surface area contributed by atoms with Crippen molar-refractivity contribution in [2.45, 2.75) is 6.92 Å². The summed E-state index contributed by atoms with van der Waals surface area (Å²) in [5.74, 6) is 0.357. The van der Waals surface area contributed by atoms with E-state index in [1.54, 1.807) is 19.3 Å². The van der Waals surface area contributed by atoms with E-state index in [2.05, 4.69) is 5.32 Å². The Morgan fingerprint density at radius 1 is 1.00 bits per heavy atom. The molecule has 4 rings (SSSR count). The Labute approximate surface area is 157 Å². The van der Waals surface area contributed by atoms with E-state index in [9.17, 15) is 4.79 Å². The molecule has 4 heteroatoms. The van der Waals surface area contributed by atoms with Gasteiger partial charge in [0.2, 0.25) is 5.91 Å². The highest BCUT2D eigenvalue weighted by Gasteiger charge is 2.13. The first-order chi connectivity index (χ1) is 13.1. The zero-order chi connectivity index (χ0) is 18.8. The molecule has 0 aliphatic carbocycles. The lowest BCUT2D eigenvalue weighted by Crippen LogP contribution is -2.08. The minimum Gasteiger partial charge on any atom is -0.495 e. The van der Waals surface area contributed by atoms with E-state index in [4.69, 9.17) is 9.15 Å². The van der Waals surface area contributed by atoms with Crippen LogP contribution in [0.2, 0.25) is 0 Å². The summed E-state index contributed by atoms with van der Waals surface area (Å²) in [4.78, 5) is 12.3. The van der Waals surface area contributed by atoms with E-state index in [1.165, 1.54) is 11.6 Å². The Hall–Kier alpha value is -3.53. The second-order valence-corrected chi connectivity index (χ2v) is 6.38. The number of carbonyl (C=O) groups is 1. The number of benzene rings is 3. The highest BCUT2D eigenvalue weighted by atomic mass is 16.5. The largest absolute Gasteiger partial charge is 0.495 e. The van der Waals surface area contributed by atoms with E-state index in [0.717, 1.165) is 21.9 Å². The fourth-order valence-electron chi connectivity index (χ4n) is 3.04. The zero-order valence-corrected chi connectivity index (χ0v) is 15.2. The molecule has 0 spiro atoms. The zero-order valence-electron chi connectivity index (χ0n) is 15.2. The molecule has 0 fully saturated rings. The van der Waals surface area contributed by atoms with Gasteiger partial charge in [0.1, 0.15) is 16.9 Å². The van der Waals surface area contributed by atoms with Crippen molar-refractivity contribution in [2.75, 3.05) is 12.4 Å². The Balaban J connectivity index is 1.63. The summed E-state index contributed by atoms with van der Waals surface area (Å²) in [5.41, 5.74) is 4.23. The predicted octanol–water partition coefficient (Wildman–Crippen LogP) is 5.55. The Bertz CT molecular complexity index is 1150. The number of ether oxygens (including phenoxy) is 1. The molecule has 0 radical (unpaired) electrons. The van der Waals surface area contributed by atoms with Gasteiger partial charge in [0.25, 0.3) is 0 Å². The molecule has 0 saturated carbocycles. The standard InChI is InChI=1S/C23H19NO3/c1-15-7-9-16(10-8-15)11-12-23(25)24-19-14-21-18(13-22(19)26-2)17-5-3-4-6-20(17)27-21/h3-14H,1-2H3,(H,24,25)/b12-11+. The van der Waals surface area contributed by atoms with Gasteiger partial charge in [0.05, 0.1) is 12.8 Å². The monoisotopic (exact) mass is 357 g/mol. The number of methoxy groups -OCH3 is 1. The van der Waals surface area contributed by atoms with Gasteiger partial charge in [-0.3, -0.25) is 4.79 Å². The van der Waals surface area contributed by atoms with Crippen molar-refractivity contribution in [1.82, 2.24) is 0 Å². The van der Waals surface area contributed by atoms with Crippen LogP contribution < -0.4 is 10.1 Å². The summed E-state index contributed by atoms with van der Waals surface area (Å²) in [7, 11) is 1.58. The lowest BCUT2D eigenvalue weighted by Gasteiger charge is -2.09. The molecule has 0 atom stereocenters. The summed E-state index contributed by atoms with van der Waals surface area (Å²) in [6, 6.07) is 19.5. The lowest BCUT2D eigenvalue weighted by atomic mass is 10.1. The molecule has 0 aliphatic rings. The van der Waals surface area contributed by atoms with Crippen molar-refractivity contribution in [3.05, 3.63) is 77.9 Å². The number of anilines is 1. The van der Waals surface area contributed by atoms with Crippen LogP contribution in [0.15, 0.2) is 71.2 Å². The first-order valence-corrected chi connectivity index (χ1v) is 8.69. The van der Waals surface area contributed by atoms with Gasteiger partial charge in [-0.25, -0.2) is 0 Å². The summed E-state index contributed by atoms with van der Waals surface area (Å²) < 4.78 is 11.4. The summed E-state index contributed by atoms with van der Waals surface area (Å²) >= 11 is 0. The maximum atomic E-state index is 12.3. The van der Waals surface area contributed by atoms with Crippen LogP contribution in [0.1, 0.15) is 11.1 Å². The maximum Gasteiger partial charge on any atom is 0.248 e. The predicted molar refractivity (Wildman–Crippen MR) is 109 cm³/mol. The molecular weight excluding hydrogens is 338 g/mol. The number of furan rings is 1. The third-order valence-electron chi connectivity index (χ3n) is 4.46. The minimum atomic E-state index is -0.232. The van der Waals surface area contributed by atoms with Gasteiger partial charge in [-0.05, 0) is 30.7 Å². The molecule has 0 saturated heterocycles. The highest BCUT2D eigenvalue weighted by Crippen LogP contribution is 2.36. The molecule has 4 aromatic rings. The number of hydrogen-bond donors (Lipinski definition) is 1. The molecule has 1 N–H and O–H groups in total. The third kappa shape index (κ3) is 3.42. The lowest BCUT2D eigenvalue weighted by molar-refractivity contribution is -0.111. The van der Waals surface area contributed by atoms with Crippen molar-refractivity contribution in [3.8, 4) is 5.75 Å². The van der Waals surface area contributed by atoms with Crippen LogP contribution in [0.25, 0.3) is 28.0 Å². The molecule has 3 aromatic carbocycles. The minimum absolute atomic E-state index is 0.232. The normalized spacial score (nSPS) is 11.3.